The van der Waals surface area contributed by atoms with Crippen molar-refractivity contribution in [3.63, 3.8) is 0 Å². The molecule has 6 heteroatoms. The third-order valence-corrected chi connectivity index (χ3v) is 3.95. The fourth-order valence-corrected chi connectivity index (χ4v) is 2.55. The number of carbonyl (C=O) groups excluding carboxylic acids is 1. The van der Waals surface area contributed by atoms with Gasteiger partial charge in [0.25, 0.3) is 0 Å². The van der Waals surface area contributed by atoms with Crippen LogP contribution in [0.15, 0.2) is 17.6 Å². The molecule has 0 saturated carbocycles. The highest BCUT2D eigenvalue weighted by Crippen LogP contribution is 2.20. The topological polar surface area (TPSA) is 56.1 Å². The molecule has 1 heterocycles. The second-order valence-corrected chi connectivity index (χ2v) is 5.28. The fraction of sp³-hybridized carbons (Fsp3) is 0.667. The van der Waals surface area contributed by atoms with Gasteiger partial charge in [-0.25, -0.2) is 4.98 Å². The number of hydrogen-bond acceptors (Lipinski definition) is 5. The minimum Gasteiger partial charge on any atom is -0.465 e. The molecule has 0 aliphatic rings. The molecule has 0 aromatic carbocycles. The van der Waals surface area contributed by atoms with Crippen LogP contribution in [0.2, 0.25) is 0 Å². The monoisotopic (exact) mass is 271 g/mol. The highest BCUT2D eigenvalue weighted by atomic mass is 32.2. The first kappa shape index (κ1) is 15.0. The van der Waals surface area contributed by atoms with Crippen LogP contribution in [0, 0.1) is 0 Å². The lowest BCUT2D eigenvalue weighted by Gasteiger charge is -2.26. The molecule has 1 unspecified atom stereocenters. The average Bonchev–Trinajstić information content (AvgIpc) is 2.75. The predicted octanol–water partition coefficient (Wildman–Crippen LogP) is 1.44. The van der Waals surface area contributed by atoms with Crippen LogP contribution >= 0.6 is 11.8 Å². The Morgan fingerprint density at radius 3 is 2.89 bits per heavy atom. The van der Waals surface area contributed by atoms with Crippen LogP contribution in [0.25, 0.3) is 0 Å². The standard InChI is InChI=1S/C12H21N3O2S/c1-5-17-10(16)12(2,13-3)6-9-18-11-14-7-8-15(11)4/h7-8,13H,5-6,9H2,1-4H3. The van der Waals surface area contributed by atoms with Crippen LogP contribution in [0.3, 0.4) is 0 Å². The Bertz CT molecular complexity index is 394. The van der Waals surface area contributed by atoms with E-state index >= 15 is 0 Å². The number of thioether (sulfide) groups is 1. The number of nitrogens with zero attached hydrogens (tertiary/aromatic N) is 2. The molecule has 1 rings (SSSR count). The first-order valence-electron chi connectivity index (χ1n) is 5.99. The number of nitrogens with one attached hydrogen (secondary N) is 1. The van der Waals surface area contributed by atoms with E-state index in [1.807, 2.05) is 31.7 Å². The molecule has 0 spiro atoms. The highest BCUT2D eigenvalue weighted by Gasteiger charge is 2.32. The van der Waals surface area contributed by atoms with E-state index < -0.39 is 5.54 Å². The number of likely N-dealkylation sites (N-methyl/N-ethyl adjacent to an activating group) is 1. The van der Waals surface area contributed by atoms with Gasteiger partial charge in [-0.05, 0) is 27.3 Å². The fourth-order valence-electron chi connectivity index (χ4n) is 1.46. The van der Waals surface area contributed by atoms with Gasteiger partial charge in [-0.3, -0.25) is 4.79 Å². The SMILES string of the molecule is CCOC(=O)C(C)(CCSc1nccn1C)NC. The number of aryl methyl sites for hydroxylation is 1. The van der Waals surface area contributed by atoms with Gasteiger partial charge in [0.2, 0.25) is 0 Å². The number of esters is 1. The lowest BCUT2D eigenvalue weighted by atomic mass is 10.00. The minimum absolute atomic E-state index is 0.201. The molecular weight excluding hydrogens is 250 g/mol. The summed E-state index contributed by atoms with van der Waals surface area (Å²) in [5.74, 6) is 0.606. The van der Waals surface area contributed by atoms with Crippen molar-refractivity contribution in [2.75, 3.05) is 19.4 Å². The molecule has 0 aliphatic carbocycles. The molecule has 5 nitrogen and oxygen atoms in total. The summed E-state index contributed by atoms with van der Waals surface area (Å²) in [4.78, 5) is 16.1. The van der Waals surface area contributed by atoms with E-state index in [4.69, 9.17) is 4.74 Å². The summed E-state index contributed by atoms with van der Waals surface area (Å²) in [7, 11) is 3.74. The summed E-state index contributed by atoms with van der Waals surface area (Å²) in [5.41, 5.74) is -0.631. The number of aromatic nitrogens is 2. The third kappa shape index (κ3) is 3.74. The van der Waals surface area contributed by atoms with E-state index in [9.17, 15) is 4.79 Å². The Morgan fingerprint density at radius 2 is 2.39 bits per heavy atom. The molecule has 0 aliphatic heterocycles. The molecule has 1 atom stereocenters. The molecule has 1 aromatic heterocycles. The first-order chi connectivity index (χ1) is 8.53. The zero-order valence-electron chi connectivity index (χ0n) is 11.4. The second-order valence-electron chi connectivity index (χ2n) is 4.22. The molecule has 0 radical (unpaired) electrons. The minimum atomic E-state index is -0.631. The van der Waals surface area contributed by atoms with Gasteiger partial charge >= 0.3 is 5.97 Å². The summed E-state index contributed by atoms with van der Waals surface area (Å²) >= 11 is 1.64. The van der Waals surface area contributed by atoms with Crippen molar-refractivity contribution in [2.45, 2.75) is 31.0 Å². The Morgan fingerprint density at radius 1 is 1.67 bits per heavy atom. The van der Waals surface area contributed by atoms with Gasteiger partial charge in [-0.15, -0.1) is 0 Å². The number of imidazole rings is 1. The van der Waals surface area contributed by atoms with Gasteiger partial charge < -0.3 is 14.6 Å². The van der Waals surface area contributed by atoms with E-state index in [1.54, 1.807) is 25.0 Å². The maximum absolute atomic E-state index is 11.8. The van der Waals surface area contributed by atoms with Crippen LogP contribution in [0.5, 0.6) is 0 Å². The largest absolute Gasteiger partial charge is 0.465 e. The van der Waals surface area contributed by atoms with Gasteiger partial charge in [0.1, 0.15) is 5.54 Å². The Balaban J connectivity index is 2.49. The van der Waals surface area contributed by atoms with Crippen molar-refractivity contribution < 1.29 is 9.53 Å². The second kappa shape index (κ2) is 6.80. The quantitative estimate of drug-likeness (QED) is 0.601. The number of carbonyl (C=O) groups is 1. The summed E-state index contributed by atoms with van der Waals surface area (Å²) in [5, 5.41) is 4.00. The predicted molar refractivity (Wildman–Crippen MR) is 72.6 cm³/mol. The molecule has 0 bridgehead atoms. The van der Waals surface area contributed by atoms with Crippen molar-refractivity contribution in [3.05, 3.63) is 12.4 Å². The summed E-state index contributed by atoms with van der Waals surface area (Å²) in [6.45, 7) is 4.09. The Kier molecular flexibility index (Phi) is 5.68. The molecule has 0 fully saturated rings. The zero-order chi connectivity index (χ0) is 13.6. The summed E-state index contributed by atoms with van der Waals surface area (Å²) < 4.78 is 7.04. The van der Waals surface area contributed by atoms with E-state index in [-0.39, 0.29) is 5.97 Å². The van der Waals surface area contributed by atoms with Crippen molar-refractivity contribution in [3.8, 4) is 0 Å². The molecule has 0 amide bonds. The smallest absolute Gasteiger partial charge is 0.326 e. The van der Waals surface area contributed by atoms with Gasteiger partial charge in [-0.2, -0.15) is 0 Å². The zero-order valence-corrected chi connectivity index (χ0v) is 12.2. The van der Waals surface area contributed by atoms with E-state index in [0.717, 1.165) is 10.9 Å². The first-order valence-corrected chi connectivity index (χ1v) is 6.98. The van der Waals surface area contributed by atoms with Crippen molar-refractivity contribution in [1.82, 2.24) is 14.9 Å². The van der Waals surface area contributed by atoms with E-state index in [1.165, 1.54) is 0 Å². The lowest BCUT2D eigenvalue weighted by molar-refractivity contribution is -0.150. The van der Waals surface area contributed by atoms with Crippen LogP contribution in [0.4, 0.5) is 0 Å². The summed E-state index contributed by atoms with van der Waals surface area (Å²) in [6, 6.07) is 0. The highest BCUT2D eigenvalue weighted by molar-refractivity contribution is 7.99. The molecular formula is C12H21N3O2S. The molecule has 1 N–H and O–H groups in total. The van der Waals surface area contributed by atoms with Crippen LogP contribution in [-0.4, -0.2) is 40.5 Å². The lowest BCUT2D eigenvalue weighted by Crippen LogP contribution is -2.49. The number of ether oxygens (including phenoxy) is 1. The van der Waals surface area contributed by atoms with Crippen molar-refractivity contribution in [1.29, 1.82) is 0 Å². The van der Waals surface area contributed by atoms with Gasteiger partial charge in [0.05, 0.1) is 6.61 Å². The Labute approximate surface area is 112 Å². The normalized spacial score (nSPS) is 14.2. The van der Waals surface area contributed by atoms with Gasteiger partial charge in [0, 0.05) is 25.2 Å². The molecule has 18 heavy (non-hydrogen) atoms. The van der Waals surface area contributed by atoms with Crippen molar-refractivity contribution in [2.24, 2.45) is 7.05 Å². The number of rotatable bonds is 7. The number of hydrogen-bond donors (Lipinski definition) is 1. The maximum atomic E-state index is 11.8. The molecule has 102 valence electrons. The van der Waals surface area contributed by atoms with Crippen LogP contribution < -0.4 is 5.32 Å². The molecule has 1 aromatic rings. The maximum Gasteiger partial charge on any atom is 0.326 e. The molecule has 0 saturated heterocycles. The van der Waals surface area contributed by atoms with Crippen LogP contribution in [0.1, 0.15) is 20.3 Å². The summed E-state index contributed by atoms with van der Waals surface area (Å²) in [6.07, 6.45) is 4.37. The van der Waals surface area contributed by atoms with Crippen LogP contribution in [-0.2, 0) is 16.6 Å². The van der Waals surface area contributed by atoms with E-state index in [2.05, 4.69) is 10.3 Å². The van der Waals surface area contributed by atoms with E-state index in [0.29, 0.717) is 13.0 Å². The van der Waals surface area contributed by atoms with Gasteiger partial charge in [0.15, 0.2) is 5.16 Å². The Hall–Kier alpha value is -1.01. The third-order valence-electron chi connectivity index (χ3n) is 2.89. The average molecular weight is 271 g/mol. The van der Waals surface area contributed by atoms with Gasteiger partial charge in [-0.1, -0.05) is 11.8 Å². The van der Waals surface area contributed by atoms with Crippen molar-refractivity contribution >= 4 is 17.7 Å².